The van der Waals surface area contributed by atoms with Gasteiger partial charge in [-0.15, -0.1) is 0 Å². The van der Waals surface area contributed by atoms with E-state index >= 15 is 0 Å². The summed E-state index contributed by atoms with van der Waals surface area (Å²) in [5.74, 6) is -1.30. The molecule has 4 heteroatoms. The van der Waals surface area contributed by atoms with E-state index in [1.165, 1.54) is 6.08 Å². The Hall–Kier alpha value is -2.88. The lowest BCUT2D eigenvalue weighted by atomic mass is 9.79. The predicted octanol–water partition coefficient (Wildman–Crippen LogP) is 4.80. The topological polar surface area (TPSA) is 63.3 Å². The molecule has 0 radical (unpaired) electrons. The second-order valence-corrected chi connectivity index (χ2v) is 6.68. The summed E-state index contributed by atoms with van der Waals surface area (Å²) in [7, 11) is 0. The zero-order valence-corrected chi connectivity index (χ0v) is 14.7. The third-order valence-corrected chi connectivity index (χ3v) is 4.88. The fourth-order valence-electron chi connectivity index (χ4n) is 3.40. The number of rotatable bonds is 5. The highest BCUT2D eigenvalue weighted by molar-refractivity contribution is 5.74. The van der Waals surface area contributed by atoms with Crippen molar-refractivity contribution in [2.45, 2.75) is 25.7 Å². The average molecular weight is 351 g/mol. The van der Waals surface area contributed by atoms with E-state index in [2.05, 4.69) is 0 Å². The van der Waals surface area contributed by atoms with E-state index in [1.54, 1.807) is 0 Å². The molecule has 2 aromatic carbocycles. The molecule has 2 unspecified atom stereocenters. The van der Waals surface area contributed by atoms with Gasteiger partial charge in [0.15, 0.2) is 0 Å². The van der Waals surface area contributed by atoms with Crippen LogP contribution >= 0.6 is 0 Å². The van der Waals surface area contributed by atoms with Gasteiger partial charge in [-0.2, -0.15) is 0 Å². The Balaban J connectivity index is 2.04. The molecule has 0 aliphatic heterocycles. The molecule has 0 saturated carbocycles. The highest BCUT2D eigenvalue weighted by Gasteiger charge is 2.27. The van der Waals surface area contributed by atoms with Gasteiger partial charge in [-0.1, -0.05) is 55.5 Å². The summed E-state index contributed by atoms with van der Waals surface area (Å²) < 4.78 is 13.9. The average Bonchev–Trinajstić information content (AvgIpc) is 2.63. The zero-order valence-electron chi connectivity index (χ0n) is 14.7. The minimum atomic E-state index is -0.446. The third kappa shape index (κ3) is 3.85. The van der Waals surface area contributed by atoms with Crippen molar-refractivity contribution in [2.75, 3.05) is 0 Å². The maximum atomic E-state index is 13.9. The van der Waals surface area contributed by atoms with Crippen molar-refractivity contribution in [3.05, 3.63) is 83.4 Å². The van der Waals surface area contributed by atoms with Crippen LogP contribution in [-0.2, 0) is 11.2 Å². The first-order valence-electron chi connectivity index (χ1n) is 8.70. The maximum Gasteiger partial charge on any atom is 0.217 e. The summed E-state index contributed by atoms with van der Waals surface area (Å²) in [4.78, 5) is 11.3. The van der Waals surface area contributed by atoms with Gasteiger partial charge in [0, 0.05) is 24.3 Å². The molecule has 3 rings (SSSR count). The largest absolute Gasteiger partial charge is 0.512 e. The van der Waals surface area contributed by atoms with Gasteiger partial charge in [-0.05, 0) is 34.8 Å². The molecule has 0 saturated heterocycles. The van der Waals surface area contributed by atoms with Crippen molar-refractivity contribution in [3.8, 4) is 11.1 Å². The van der Waals surface area contributed by atoms with Gasteiger partial charge in [0.05, 0.1) is 5.76 Å². The standard InChI is InChI=1S/C22H22FNO2/c1-14-20(12-18(23)13-21(14)25)19-9-7-16(15-5-3-2-4-6-15)11-17(19)8-10-22(24)26/h2-7,9,11-14,20,25H,8,10H2,1H3,(H2,24,26). The first kappa shape index (κ1) is 17.9. The van der Waals surface area contributed by atoms with Crippen LogP contribution in [0.4, 0.5) is 4.39 Å². The number of halogens is 1. The number of primary amides is 1. The predicted molar refractivity (Wildman–Crippen MR) is 101 cm³/mol. The lowest BCUT2D eigenvalue weighted by Gasteiger charge is -2.26. The minimum absolute atomic E-state index is 0.0305. The second-order valence-electron chi connectivity index (χ2n) is 6.68. The van der Waals surface area contributed by atoms with Crippen LogP contribution in [0, 0.1) is 5.92 Å². The van der Waals surface area contributed by atoms with Gasteiger partial charge in [-0.3, -0.25) is 4.79 Å². The number of nitrogens with two attached hydrogens (primary N) is 1. The van der Waals surface area contributed by atoms with Gasteiger partial charge < -0.3 is 10.8 Å². The molecule has 0 aromatic heterocycles. The smallest absolute Gasteiger partial charge is 0.217 e. The summed E-state index contributed by atoms with van der Waals surface area (Å²) >= 11 is 0. The van der Waals surface area contributed by atoms with E-state index in [0.29, 0.717) is 6.42 Å². The number of hydrogen-bond acceptors (Lipinski definition) is 2. The fraction of sp³-hybridized carbons (Fsp3) is 0.227. The number of carbonyl (C=O) groups excluding carboxylic acids is 1. The molecule has 1 aliphatic rings. The van der Waals surface area contributed by atoms with E-state index in [1.807, 2.05) is 55.5 Å². The zero-order chi connectivity index (χ0) is 18.7. The van der Waals surface area contributed by atoms with Crippen LogP contribution in [0.25, 0.3) is 11.1 Å². The monoisotopic (exact) mass is 351 g/mol. The Morgan fingerprint density at radius 2 is 1.88 bits per heavy atom. The van der Waals surface area contributed by atoms with Gasteiger partial charge in [-0.25, -0.2) is 4.39 Å². The van der Waals surface area contributed by atoms with Crippen LogP contribution in [0.1, 0.15) is 30.4 Å². The van der Waals surface area contributed by atoms with Crippen LogP contribution in [0.15, 0.2) is 72.3 Å². The molecule has 0 spiro atoms. The van der Waals surface area contributed by atoms with E-state index < -0.39 is 5.83 Å². The second kappa shape index (κ2) is 7.56. The van der Waals surface area contributed by atoms with Crippen molar-refractivity contribution in [1.29, 1.82) is 0 Å². The number of hydrogen-bond donors (Lipinski definition) is 2. The fourth-order valence-corrected chi connectivity index (χ4v) is 3.40. The molecule has 0 fully saturated rings. The number of aryl methyl sites for hydroxylation is 1. The quantitative estimate of drug-likeness (QED) is 0.813. The van der Waals surface area contributed by atoms with Crippen LogP contribution in [0.5, 0.6) is 0 Å². The number of benzene rings is 2. The molecular formula is C22H22FNO2. The van der Waals surface area contributed by atoms with Crippen LogP contribution in [0.2, 0.25) is 0 Å². The van der Waals surface area contributed by atoms with Gasteiger partial charge in [0.25, 0.3) is 0 Å². The Labute approximate surface area is 152 Å². The molecule has 26 heavy (non-hydrogen) atoms. The highest BCUT2D eigenvalue weighted by Crippen LogP contribution is 2.38. The summed E-state index contributed by atoms with van der Waals surface area (Å²) in [5.41, 5.74) is 9.28. The first-order valence-corrected chi connectivity index (χ1v) is 8.70. The van der Waals surface area contributed by atoms with Crippen molar-refractivity contribution >= 4 is 5.91 Å². The van der Waals surface area contributed by atoms with Crippen molar-refractivity contribution in [3.63, 3.8) is 0 Å². The van der Waals surface area contributed by atoms with E-state index in [-0.39, 0.29) is 29.9 Å². The number of aliphatic hydroxyl groups is 1. The Morgan fingerprint density at radius 3 is 2.58 bits per heavy atom. The first-order chi connectivity index (χ1) is 12.5. The summed E-state index contributed by atoms with van der Waals surface area (Å²) in [5, 5.41) is 10.0. The summed E-state index contributed by atoms with van der Waals surface area (Å²) in [6, 6.07) is 15.9. The molecule has 2 aromatic rings. The van der Waals surface area contributed by atoms with Crippen LogP contribution in [0.3, 0.4) is 0 Å². The normalized spacial score (nSPS) is 19.6. The summed E-state index contributed by atoms with van der Waals surface area (Å²) in [6.45, 7) is 1.86. The molecular weight excluding hydrogens is 329 g/mol. The van der Waals surface area contributed by atoms with E-state index in [0.717, 1.165) is 28.3 Å². The number of aliphatic hydroxyl groups excluding tert-OH is 1. The van der Waals surface area contributed by atoms with Gasteiger partial charge >= 0.3 is 0 Å². The third-order valence-electron chi connectivity index (χ3n) is 4.88. The van der Waals surface area contributed by atoms with Crippen molar-refractivity contribution < 1.29 is 14.3 Å². The van der Waals surface area contributed by atoms with Crippen molar-refractivity contribution in [2.24, 2.45) is 11.7 Å². The highest BCUT2D eigenvalue weighted by atomic mass is 19.1. The number of amides is 1. The Bertz CT molecular complexity index is 871. The van der Waals surface area contributed by atoms with Crippen LogP contribution < -0.4 is 5.73 Å². The van der Waals surface area contributed by atoms with Crippen molar-refractivity contribution in [1.82, 2.24) is 0 Å². The molecule has 1 amide bonds. The molecule has 3 nitrogen and oxygen atoms in total. The minimum Gasteiger partial charge on any atom is -0.512 e. The lowest BCUT2D eigenvalue weighted by molar-refractivity contribution is -0.117. The maximum absolute atomic E-state index is 13.9. The van der Waals surface area contributed by atoms with Crippen LogP contribution in [-0.4, -0.2) is 11.0 Å². The van der Waals surface area contributed by atoms with E-state index in [9.17, 15) is 14.3 Å². The van der Waals surface area contributed by atoms with Gasteiger partial charge in [0.1, 0.15) is 5.83 Å². The summed E-state index contributed by atoms with van der Waals surface area (Å²) in [6.07, 6.45) is 3.38. The molecule has 0 heterocycles. The number of carbonyl (C=O) groups is 1. The van der Waals surface area contributed by atoms with E-state index in [4.69, 9.17) is 5.73 Å². The Morgan fingerprint density at radius 1 is 1.15 bits per heavy atom. The molecule has 2 atom stereocenters. The lowest BCUT2D eigenvalue weighted by Crippen LogP contribution is -2.17. The SMILES string of the molecule is CC1C(O)=CC(F)=CC1c1ccc(-c2ccccc2)cc1CCC(N)=O. The molecule has 0 bridgehead atoms. The Kier molecular flexibility index (Phi) is 5.21. The van der Waals surface area contributed by atoms with Gasteiger partial charge in [0.2, 0.25) is 5.91 Å². The molecule has 3 N–H and O–H groups in total. The molecule has 1 aliphatic carbocycles. The molecule has 134 valence electrons. The number of allylic oxidation sites excluding steroid dienone is 4.